The van der Waals surface area contributed by atoms with E-state index in [-0.39, 0.29) is 30.5 Å². The summed E-state index contributed by atoms with van der Waals surface area (Å²) in [7, 11) is 0. The molecule has 0 radical (unpaired) electrons. The maximum atomic E-state index is 13.3. The fourth-order valence-corrected chi connectivity index (χ4v) is 3.66. The lowest BCUT2D eigenvalue weighted by Gasteiger charge is -2.32. The van der Waals surface area contributed by atoms with Crippen LogP contribution in [0.25, 0.3) is 0 Å². The Morgan fingerprint density at radius 2 is 2.00 bits per heavy atom. The topological polar surface area (TPSA) is 63.0 Å². The SMILES string of the molecule is CCC(C)N(CC(=O)N(Cc1ccco1)CC1CCCO1)C(=O)c1ccc(Cl)cc1. The van der Waals surface area contributed by atoms with E-state index in [9.17, 15) is 9.59 Å². The summed E-state index contributed by atoms with van der Waals surface area (Å²) >= 11 is 5.95. The number of benzene rings is 1. The Hall–Kier alpha value is -2.31. The number of hydrogen-bond acceptors (Lipinski definition) is 4. The average molecular weight is 433 g/mol. The molecule has 30 heavy (non-hydrogen) atoms. The van der Waals surface area contributed by atoms with E-state index in [4.69, 9.17) is 20.8 Å². The third-order valence-corrected chi connectivity index (χ3v) is 5.76. The number of furan rings is 1. The van der Waals surface area contributed by atoms with E-state index in [1.165, 1.54) is 0 Å². The lowest BCUT2D eigenvalue weighted by molar-refractivity contribution is -0.134. The Balaban J connectivity index is 1.76. The number of rotatable bonds is 9. The molecule has 6 nitrogen and oxygen atoms in total. The van der Waals surface area contributed by atoms with E-state index in [0.717, 1.165) is 25.9 Å². The highest BCUT2D eigenvalue weighted by atomic mass is 35.5. The molecular weight excluding hydrogens is 404 g/mol. The summed E-state index contributed by atoms with van der Waals surface area (Å²) in [5.41, 5.74) is 0.518. The van der Waals surface area contributed by atoms with Crippen molar-refractivity contribution in [1.29, 1.82) is 0 Å². The van der Waals surface area contributed by atoms with Gasteiger partial charge >= 0.3 is 0 Å². The van der Waals surface area contributed by atoms with Crippen LogP contribution in [-0.4, -0.2) is 53.5 Å². The molecule has 7 heteroatoms. The van der Waals surface area contributed by atoms with E-state index in [1.54, 1.807) is 46.4 Å². The molecule has 1 aliphatic rings. The normalized spacial score (nSPS) is 17.0. The minimum atomic E-state index is -0.176. The predicted molar refractivity (Wildman–Crippen MR) is 115 cm³/mol. The number of hydrogen-bond donors (Lipinski definition) is 0. The average Bonchev–Trinajstić information content (AvgIpc) is 3.45. The van der Waals surface area contributed by atoms with Crippen molar-refractivity contribution in [1.82, 2.24) is 9.80 Å². The van der Waals surface area contributed by atoms with Gasteiger partial charge < -0.3 is 19.0 Å². The maximum absolute atomic E-state index is 13.3. The van der Waals surface area contributed by atoms with Crippen molar-refractivity contribution in [2.45, 2.75) is 51.8 Å². The van der Waals surface area contributed by atoms with Crippen molar-refractivity contribution in [3.8, 4) is 0 Å². The minimum absolute atomic E-state index is 0.00386. The van der Waals surface area contributed by atoms with Gasteiger partial charge in [-0.15, -0.1) is 0 Å². The lowest BCUT2D eigenvalue weighted by Crippen LogP contribution is -2.47. The van der Waals surface area contributed by atoms with Crippen LogP contribution < -0.4 is 0 Å². The molecule has 1 saturated heterocycles. The fourth-order valence-electron chi connectivity index (χ4n) is 3.53. The van der Waals surface area contributed by atoms with Crippen LogP contribution in [0.5, 0.6) is 0 Å². The quantitative estimate of drug-likeness (QED) is 0.589. The predicted octanol–water partition coefficient (Wildman–Crippen LogP) is 4.38. The first kappa shape index (κ1) is 22.4. The largest absolute Gasteiger partial charge is 0.467 e. The van der Waals surface area contributed by atoms with Gasteiger partial charge in [-0.05, 0) is 62.6 Å². The van der Waals surface area contributed by atoms with Crippen LogP contribution in [0, 0.1) is 0 Å². The summed E-state index contributed by atoms with van der Waals surface area (Å²) < 4.78 is 11.2. The van der Waals surface area contributed by atoms with Crippen molar-refractivity contribution in [2.24, 2.45) is 0 Å². The van der Waals surface area contributed by atoms with Crippen molar-refractivity contribution >= 4 is 23.4 Å². The van der Waals surface area contributed by atoms with Crippen molar-refractivity contribution in [3.63, 3.8) is 0 Å². The molecule has 1 aromatic heterocycles. The maximum Gasteiger partial charge on any atom is 0.254 e. The molecule has 2 unspecified atom stereocenters. The first-order valence-electron chi connectivity index (χ1n) is 10.5. The van der Waals surface area contributed by atoms with Crippen LogP contribution in [0.3, 0.4) is 0 Å². The Bertz CT molecular complexity index is 816. The van der Waals surface area contributed by atoms with Crippen LogP contribution in [0.15, 0.2) is 47.1 Å². The Kier molecular flexibility index (Phi) is 7.94. The van der Waals surface area contributed by atoms with E-state index >= 15 is 0 Å². The molecule has 0 N–H and O–H groups in total. The van der Waals surface area contributed by atoms with Gasteiger partial charge in [0, 0.05) is 29.8 Å². The first-order chi connectivity index (χ1) is 14.5. The molecule has 1 fully saturated rings. The van der Waals surface area contributed by atoms with Crippen molar-refractivity contribution < 1.29 is 18.7 Å². The molecule has 2 heterocycles. The lowest BCUT2D eigenvalue weighted by atomic mass is 10.1. The van der Waals surface area contributed by atoms with Gasteiger partial charge in [-0.3, -0.25) is 9.59 Å². The minimum Gasteiger partial charge on any atom is -0.467 e. The van der Waals surface area contributed by atoms with E-state index in [0.29, 0.717) is 29.4 Å². The number of ether oxygens (including phenoxy) is 1. The molecule has 1 aromatic carbocycles. The summed E-state index contributed by atoms with van der Waals surface area (Å²) in [6.07, 6.45) is 4.30. The summed E-state index contributed by atoms with van der Waals surface area (Å²) in [4.78, 5) is 29.8. The highest BCUT2D eigenvalue weighted by Crippen LogP contribution is 2.18. The molecule has 2 atom stereocenters. The van der Waals surface area contributed by atoms with Gasteiger partial charge in [0.1, 0.15) is 12.3 Å². The number of amides is 2. The Morgan fingerprint density at radius 3 is 2.60 bits per heavy atom. The molecule has 0 bridgehead atoms. The summed E-state index contributed by atoms with van der Waals surface area (Å²) in [6.45, 7) is 5.53. The zero-order valence-corrected chi connectivity index (χ0v) is 18.3. The van der Waals surface area contributed by atoms with Gasteiger partial charge in [-0.25, -0.2) is 0 Å². The molecule has 0 aliphatic carbocycles. The van der Waals surface area contributed by atoms with Gasteiger partial charge in [-0.2, -0.15) is 0 Å². The highest BCUT2D eigenvalue weighted by Gasteiger charge is 2.28. The van der Waals surface area contributed by atoms with Gasteiger partial charge in [0.25, 0.3) is 5.91 Å². The van der Waals surface area contributed by atoms with Crippen LogP contribution >= 0.6 is 11.6 Å². The van der Waals surface area contributed by atoms with E-state index in [1.807, 2.05) is 19.9 Å². The van der Waals surface area contributed by atoms with Crippen LogP contribution in [0.2, 0.25) is 5.02 Å². The molecule has 162 valence electrons. The first-order valence-corrected chi connectivity index (χ1v) is 10.8. The summed E-state index contributed by atoms with van der Waals surface area (Å²) in [5.74, 6) is 0.411. The highest BCUT2D eigenvalue weighted by molar-refractivity contribution is 6.30. The molecular formula is C23H29ClN2O4. The van der Waals surface area contributed by atoms with Gasteiger partial charge in [0.2, 0.25) is 5.91 Å². The summed E-state index contributed by atoms with van der Waals surface area (Å²) in [6, 6.07) is 10.3. The second kappa shape index (κ2) is 10.6. The number of carbonyl (C=O) groups excluding carboxylic acids is 2. The molecule has 1 aliphatic heterocycles. The van der Waals surface area contributed by atoms with Crippen LogP contribution in [0.1, 0.15) is 49.2 Å². The van der Waals surface area contributed by atoms with Gasteiger partial charge in [0.05, 0.1) is 18.9 Å². The van der Waals surface area contributed by atoms with E-state index < -0.39 is 0 Å². The van der Waals surface area contributed by atoms with E-state index in [2.05, 4.69) is 0 Å². The number of halogens is 1. The second-order valence-corrected chi connectivity index (χ2v) is 8.12. The molecule has 0 spiro atoms. The van der Waals surface area contributed by atoms with Gasteiger partial charge in [0.15, 0.2) is 0 Å². The zero-order chi connectivity index (χ0) is 21.5. The third kappa shape index (κ3) is 5.86. The second-order valence-electron chi connectivity index (χ2n) is 7.69. The van der Waals surface area contributed by atoms with Crippen LogP contribution in [-0.2, 0) is 16.1 Å². The third-order valence-electron chi connectivity index (χ3n) is 5.51. The smallest absolute Gasteiger partial charge is 0.254 e. The zero-order valence-electron chi connectivity index (χ0n) is 17.6. The van der Waals surface area contributed by atoms with Gasteiger partial charge in [-0.1, -0.05) is 18.5 Å². The molecule has 0 saturated carbocycles. The summed E-state index contributed by atoms with van der Waals surface area (Å²) in [5, 5.41) is 0.568. The van der Waals surface area contributed by atoms with Crippen LogP contribution in [0.4, 0.5) is 0 Å². The van der Waals surface area contributed by atoms with Crippen molar-refractivity contribution in [2.75, 3.05) is 19.7 Å². The fraction of sp³-hybridized carbons (Fsp3) is 0.478. The molecule has 2 aromatic rings. The monoisotopic (exact) mass is 432 g/mol. The number of carbonyl (C=O) groups is 2. The Labute approximate surface area is 182 Å². The molecule has 3 rings (SSSR count). The standard InChI is InChI=1S/C23H29ClN2O4/c1-3-17(2)26(23(28)18-8-10-19(24)11-9-18)16-22(27)25(14-20-6-4-12-29-20)15-21-7-5-13-30-21/h4,6,8-12,17,21H,3,5,7,13-16H2,1-2H3. The Morgan fingerprint density at radius 1 is 1.23 bits per heavy atom. The van der Waals surface area contributed by atoms with Crippen molar-refractivity contribution in [3.05, 3.63) is 59.0 Å². The molecule has 2 amide bonds. The number of nitrogens with zero attached hydrogens (tertiary/aromatic N) is 2.